The van der Waals surface area contributed by atoms with Crippen LogP contribution in [0.4, 0.5) is 4.79 Å². The number of aromatic nitrogens is 1. The number of urea groups is 1. The number of benzene rings is 1. The topological polar surface area (TPSA) is 88.0 Å². The van der Waals surface area contributed by atoms with E-state index >= 15 is 0 Å². The van der Waals surface area contributed by atoms with E-state index in [4.69, 9.17) is 4.74 Å². The van der Waals surface area contributed by atoms with E-state index in [9.17, 15) is 9.59 Å². The molecule has 1 fully saturated rings. The number of aryl methyl sites for hydroxylation is 1. The van der Waals surface area contributed by atoms with E-state index in [0.29, 0.717) is 24.2 Å². The van der Waals surface area contributed by atoms with Crippen LogP contribution in [-0.4, -0.2) is 60.7 Å². The Hall–Kier alpha value is -3.23. The normalized spacial score (nSPS) is 16.8. The summed E-state index contributed by atoms with van der Waals surface area (Å²) in [5.74, 6) is 0.578. The summed E-state index contributed by atoms with van der Waals surface area (Å²) < 4.78 is 7.62. The van der Waals surface area contributed by atoms with E-state index in [-0.39, 0.29) is 11.5 Å². The number of morpholine rings is 1. The van der Waals surface area contributed by atoms with Gasteiger partial charge in [0.25, 0.3) is 0 Å². The molecule has 8 heteroatoms. The molecule has 0 bridgehead atoms. The fourth-order valence-corrected chi connectivity index (χ4v) is 4.11. The van der Waals surface area contributed by atoms with Crippen LogP contribution in [0.3, 0.4) is 0 Å². The first-order valence-electron chi connectivity index (χ1n) is 11.5. The van der Waals surface area contributed by atoms with Gasteiger partial charge in [-0.1, -0.05) is 18.2 Å². The first-order valence-corrected chi connectivity index (χ1v) is 11.5. The van der Waals surface area contributed by atoms with Crippen LogP contribution in [-0.2, 0) is 11.3 Å². The van der Waals surface area contributed by atoms with Crippen molar-refractivity contribution in [2.24, 2.45) is 4.99 Å². The lowest BCUT2D eigenvalue weighted by Gasteiger charge is -2.27. The van der Waals surface area contributed by atoms with Crippen LogP contribution in [0.5, 0.6) is 0 Å². The van der Waals surface area contributed by atoms with Crippen LogP contribution in [0.1, 0.15) is 24.5 Å². The molecule has 2 aliphatic rings. The van der Waals surface area contributed by atoms with Gasteiger partial charge in [-0.05, 0) is 37.1 Å². The van der Waals surface area contributed by atoms with Crippen LogP contribution in [0.25, 0.3) is 16.5 Å². The SMILES string of the molecule is CCNC(=O)NC1=NC=C(c2ccc3c(c2)c(=O)c(C)cn3CCN2CCOCC2)C=CC1. The van der Waals surface area contributed by atoms with Crippen molar-refractivity contribution in [3.8, 4) is 0 Å². The van der Waals surface area contributed by atoms with E-state index in [1.807, 2.05) is 50.4 Å². The number of pyridine rings is 1. The van der Waals surface area contributed by atoms with Gasteiger partial charge in [0.05, 0.1) is 18.7 Å². The van der Waals surface area contributed by atoms with Crippen molar-refractivity contribution >= 4 is 28.3 Å². The first kappa shape index (κ1) is 22.9. The minimum atomic E-state index is -0.264. The zero-order valence-corrected chi connectivity index (χ0v) is 19.3. The molecule has 2 amide bonds. The number of ether oxygens (including phenoxy) is 1. The van der Waals surface area contributed by atoms with Crippen molar-refractivity contribution in [1.82, 2.24) is 20.1 Å². The zero-order valence-electron chi connectivity index (χ0n) is 19.3. The summed E-state index contributed by atoms with van der Waals surface area (Å²) >= 11 is 0. The third kappa shape index (κ3) is 5.58. The van der Waals surface area contributed by atoms with Gasteiger partial charge in [0.1, 0.15) is 5.84 Å². The Kier molecular flexibility index (Phi) is 7.36. The number of fused-ring (bicyclic) bond motifs is 1. The summed E-state index contributed by atoms with van der Waals surface area (Å²) in [4.78, 5) is 31.6. The second kappa shape index (κ2) is 10.6. The molecule has 1 aromatic carbocycles. The van der Waals surface area contributed by atoms with Crippen LogP contribution < -0.4 is 16.1 Å². The molecule has 0 saturated carbocycles. The third-order valence-electron chi connectivity index (χ3n) is 5.92. The van der Waals surface area contributed by atoms with Gasteiger partial charge in [-0.2, -0.15) is 0 Å². The number of nitrogens with zero attached hydrogens (tertiary/aromatic N) is 3. The van der Waals surface area contributed by atoms with Gasteiger partial charge in [0, 0.05) is 62.5 Å². The molecule has 0 atom stereocenters. The third-order valence-corrected chi connectivity index (χ3v) is 5.92. The molecule has 0 spiro atoms. The molecular formula is C25H31N5O3. The van der Waals surface area contributed by atoms with E-state index in [1.54, 1.807) is 6.20 Å². The average molecular weight is 450 g/mol. The molecule has 1 aromatic heterocycles. The van der Waals surface area contributed by atoms with Gasteiger partial charge < -0.3 is 14.6 Å². The van der Waals surface area contributed by atoms with Gasteiger partial charge in [-0.25, -0.2) is 9.79 Å². The number of amidine groups is 1. The van der Waals surface area contributed by atoms with E-state index in [1.165, 1.54) is 0 Å². The number of allylic oxidation sites excluding steroid dienone is 2. The Morgan fingerprint density at radius 3 is 2.82 bits per heavy atom. The Balaban J connectivity index is 1.60. The van der Waals surface area contributed by atoms with Crippen molar-refractivity contribution in [1.29, 1.82) is 0 Å². The lowest BCUT2D eigenvalue weighted by Crippen LogP contribution is -2.39. The summed E-state index contributed by atoms with van der Waals surface area (Å²) in [5, 5.41) is 6.17. The molecule has 0 aliphatic carbocycles. The largest absolute Gasteiger partial charge is 0.379 e. The molecule has 2 aromatic rings. The fraction of sp³-hybridized carbons (Fsp3) is 0.400. The van der Waals surface area contributed by atoms with Crippen molar-refractivity contribution in [2.75, 3.05) is 39.4 Å². The highest BCUT2D eigenvalue weighted by atomic mass is 16.5. The van der Waals surface area contributed by atoms with Gasteiger partial charge in [-0.15, -0.1) is 0 Å². The van der Waals surface area contributed by atoms with Crippen molar-refractivity contribution in [2.45, 2.75) is 26.8 Å². The summed E-state index contributed by atoms with van der Waals surface area (Å²) in [6, 6.07) is 5.72. The molecule has 3 heterocycles. The van der Waals surface area contributed by atoms with Gasteiger partial charge in [0.15, 0.2) is 5.43 Å². The maximum absolute atomic E-state index is 13.0. The second-order valence-electron chi connectivity index (χ2n) is 8.27. The average Bonchev–Trinajstić information content (AvgIpc) is 3.06. The lowest BCUT2D eigenvalue weighted by atomic mass is 10.0. The maximum Gasteiger partial charge on any atom is 0.320 e. The van der Waals surface area contributed by atoms with Crippen molar-refractivity contribution in [3.05, 3.63) is 64.1 Å². The predicted molar refractivity (Wildman–Crippen MR) is 132 cm³/mol. The van der Waals surface area contributed by atoms with E-state index in [2.05, 4.69) is 25.1 Å². The predicted octanol–water partition coefficient (Wildman–Crippen LogP) is 2.66. The molecule has 8 nitrogen and oxygen atoms in total. The number of hydrogen-bond donors (Lipinski definition) is 2. The van der Waals surface area contributed by atoms with Crippen molar-refractivity contribution in [3.63, 3.8) is 0 Å². The number of aliphatic imine (C=N–C) groups is 1. The summed E-state index contributed by atoms with van der Waals surface area (Å²) in [6.45, 7) is 9.47. The Morgan fingerprint density at radius 2 is 2.03 bits per heavy atom. The Morgan fingerprint density at radius 1 is 1.21 bits per heavy atom. The molecule has 1 saturated heterocycles. The standard InChI is InChI=1S/C25H31N5O3/c1-3-26-25(32)28-23-6-4-5-20(16-27-23)19-7-8-22-21(15-19)24(31)18(2)17-30(22)10-9-29-11-13-33-14-12-29/h4-5,7-8,15-17H,3,6,9-14H2,1-2H3,(H2,26,27,28,32). The number of carbonyl (C=O) groups excluding carboxylic acids is 1. The number of carbonyl (C=O) groups is 1. The highest BCUT2D eigenvalue weighted by molar-refractivity contribution is 5.99. The molecule has 2 N–H and O–H groups in total. The first-order chi connectivity index (χ1) is 16.0. The minimum Gasteiger partial charge on any atom is -0.379 e. The molecule has 0 radical (unpaired) electrons. The van der Waals surface area contributed by atoms with Gasteiger partial charge in [0.2, 0.25) is 0 Å². The molecule has 33 heavy (non-hydrogen) atoms. The molecule has 2 aliphatic heterocycles. The number of hydrogen-bond acceptors (Lipinski definition) is 5. The number of nitrogens with one attached hydrogen (secondary N) is 2. The Bertz CT molecular complexity index is 1170. The Labute approximate surface area is 193 Å². The summed E-state index contributed by atoms with van der Waals surface area (Å²) in [5.41, 5.74) is 3.53. The summed E-state index contributed by atoms with van der Waals surface area (Å²) in [7, 11) is 0. The lowest BCUT2D eigenvalue weighted by molar-refractivity contribution is 0.0365. The van der Waals surface area contributed by atoms with E-state index < -0.39 is 0 Å². The quantitative estimate of drug-likeness (QED) is 0.735. The monoisotopic (exact) mass is 449 g/mol. The van der Waals surface area contributed by atoms with Crippen LogP contribution in [0.15, 0.2) is 52.5 Å². The maximum atomic E-state index is 13.0. The summed E-state index contributed by atoms with van der Waals surface area (Å²) in [6.07, 6.45) is 8.16. The molecule has 0 unspecified atom stereocenters. The molecule has 174 valence electrons. The number of rotatable bonds is 5. The smallest absolute Gasteiger partial charge is 0.320 e. The van der Waals surface area contributed by atoms with Crippen LogP contribution in [0.2, 0.25) is 0 Å². The molecular weight excluding hydrogens is 418 g/mol. The van der Waals surface area contributed by atoms with Crippen LogP contribution >= 0.6 is 0 Å². The minimum absolute atomic E-state index is 0.0507. The molecule has 4 rings (SSSR count). The second-order valence-corrected chi connectivity index (χ2v) is 8.27. The highest BCUT2D eigenvalue weighted by Gasteiger charge is 2.13. The zero-order chi connectivity index (χ0) is 23.2. The number of amides is 2. The van der Waals surface area contributed by atoms with E-state index in [0.717, 1.165) is 61.6 Å². The van der Waals surface area contributed by atoms with Crippen molar-refractivity contribution < 1.29 is 9.53 Å². The fourth-order valence-electron chi connectivity index (χ4n) is 4.11. The highest BCUT2D eigenvalue weighted by Crippen LogP contribution is 2.23. The van der Waals surface area contributed by atoms with Crippen LogP contribution in [0, 0.1) is 6.92 Å². The van der Waals surface area contributed by atoms with Gasteiger partial charge in [-0.3, -0.25) is 15.0 Å². The van der Waals surface area contributed by atoms with Gasteiger partial charge >= 0.3 is 6.03 Å².